The smallest absolute Gasteiger partial charge is 0.180 e. The highest BCUT2D eigenvalue weighted by Gasteiger charge is 2.13. The molecule has 0 heterocycles. The molecule has 0 atom stereocenters. The summed E-state index contributed by atoms with van der Waals surface area (Å²) in [7, 11) is 0. The molecular weight excluding hydrogens is 377 g/mol. The van der Waals surface area contributed by atoms with Crippen molar-refractivity contribution in [1.29, 1.82) is 0 Å². The van der Waals surface area contributed by atoms with Crippen LogP contribution in [0.3, 0.4) is 0 Å². The maximum Gasteiger partial charge on any atom is 0.180 e. The molecule has 0 bridgehead atoms. The summed E-state index contributed by atoms with van der Waals surface area (Å²) in [5.74, 6) is 0.279. The van der Waals surface area contributed by atoms with Gasteiger partial charge in [-0.2, -0.15) is 0 Å². The molecule has 19 heavy (non-hydrogen) atoms. The van der Waals surface area contributed by atoms with E-state index in [9.17, 15) is 4.39 Å². The van der Waals surface area contributed by atoms with Crippen molar-refractivity contribution < 1.29 is 9.13 Å². The van der Waals surface area contributed by atoms with E-state index in [0.717, 1.165) is 10.0 Å². The van der Waals surface area contributed by atoms with Crippen molar-refractivity contribution in [2.24, 2.45) is 5.73 Å². The van der Waals surface area contributed by atoms with Crippen molar-refractivity contribution in [3.63, 3.8) is 0 Å². The number of hydrogen-bond acceptors (Lipinski definition) is 2. The van der Waals surface area contributed by atoms with Crippen LogP contribution in [0.5, 0.6) is 11.5 Å². The first-order valence-electron chi connectivity index (χ1n) is 5.64. The summed E-state index contributed by atoms with van der Waals surface area (Å²) in [5, 5.41) is 0. The topological polar surface area (TPSA) is 35.2 Å². The molecule has 2 nitrogen and oxygen atoms in total. The molecule has 0 aliphatic rings. The fraction of sp³-hybridized carbons (Fsp3) is 0.143. The average Bonchev–Trinajstić information content (AvgIpc) is 2.38. The SMILES string of the molecule is Cc1ccc(Oc2ccc(CN)c(Br)c2F)c(Br)c1. The first-order valence-corrected chi connectivity index (χ1v) is 7.22. The second-order valence-corrected chi connectivity index (χ2v) is 5.74. The van der Waals surface area contributed by atoms with Crippen LogP contribution in [0.1, 0.15) is 11.1 Å². The van der Waals surface area contributed by atoms with Gasteiger partial charge >= 0.3 is 0 Å². The largest absolute Gasteiger partial charge is 0.453 e. The van der Waals surface area contributed by atoms with E-state index in [-0.39, 0.29) is 12.3 Å². The van der Waals surface area contributed by atoms with Crippen LogP contribution in [0.25, 0.3) is 0 Å². The predicted molar refractivity (Wildman–Crippen MR) is 80.9 cm³/mol. The monoisotopic (exact) mass is 387 g/mol. The zero-order valence-corrected chi connectivity index (χ0v) is 13.4. The lowest BCUT2D eigenvalue weighted by Gasteiger charge is -2.11. The maximum atomic E-state index is 14.1. The number of nitrogens with two attached hydrogens (primary N) is 1. The van der Waals surface area contributed by atoms with Crippen LogP contribution in [0.15, 0.2) is 39.3 Å². The molecule has 5 heteroatoms. The molecule has 2 rings (SSSR count). The molecular formula is C14H12Br2FNO. The minimum Gasteiger partial charge on any atom is -0.453 e. The predicted octanol–water partition coefficient (Wildman–Crippen LogP) is 4.91. The fourth-order valence-corrected chi connectivity index (χ4v) is 2.68. The first-order chi connectivity index (χ1) is 9.02. The minimum absolute atomic E-state index is 0.161. The molecule has 0 unspecified atom stereocenters. The first kappa shape index (κ1) is 14.5. The van der Waals surface area contributed by atoms with Crippen LogP contribution in [0, 0.1) is 12.7 Å². The van der Waals surface area contributed by atoms with Crippen LogP contribution in [0.4, 0.5) is 4.39 Å². The zero-order valence-electron chi connectivity index (χ0n) is 10.2. The third kappa shape index (κ3) is 3.16. The number of benzene rings is 2. The fourth-order valence-electron chi connectivity index (χ4n) is 1.62. The molecule has 0 fully saturated rings. The van der Waals surface area contributed by atoms with Gasteiger partial charge in [-0.1, -0.05) is 12.1 Å². The van der Waals surface area contributed by atoms with Gasteiger partial charge in [0.25, 0.3) is 0 Å². The van der Waals surface area contributed by atoms with Gasteiger partial charge in [-0.25, -0.2) is 4.39 Å². The highest BCUT2D eigenvalue weighted by atomic mass is 79.9. The van der Waals surface area contributed by atoms with Crippen molar-refractivity contribution in [3.8, 4) is 11.5 Å². The number of hydrogen-bond donors (Lipinski definition) is 1. The Bertz CT molecular complexity index is 617. The second-order valence-electron chi connectivity index (χ2n) is 4.09. The molecule has 2 aromatic carbocycles. The van der Waals surface area contributed by atoms with Crippen LogP contribution >= 0.6 is 31.9 Å². The Morgan fingerprint density at radius 3 is 2.47 bits per heavy atom. The lowest BCUT2D eigenvalue weighted by Crippen LogP contribution is -2.00. The Labute approximate surface area is 128 Å². The van der Waals surface area contributed by atoms with Crippen molar-refractivity contribution in [1.82, 2.24) is 0 Å². The highest BCUT2D eigenvalue weighted by molar-refractivity contribution is 9.10. The molecule has 0 saturated heterocycles. The third-order valence-corrected chi connectivity index (χ3v) is 4.13. The minimum atomic E-state index is -0.449. The van der Waals surface area contributed by atoms with Gasteiger partial charge < -0.3 is 10.5 Å². The van der Waals surface area contributed by atoms with Crippen LogP contribution in [0.2, 0.25) is 0 Å². The lowest BCUT2D eigenvalue weighted by atomic mass is 10.2. The Hall–Kier alpha value is -0.910. The Morgan fingerprint density at radius 1 is 1.16 bits per heavy atom. The average molecular weight is 389 g/mol. The lowest BCUT2D eigenvalue weighted by molar-refractivity contribution is 0.437. The molecule has 0 spiro atoms. The normalized spacial score (nSPS) is 10.6. The third-order valence-electron chi connectivity index (χ3n) is 2.65. The standard InChI is InChI=1S/C14H12Br2FNO/c1-8-2-4-11(10(15)6-8)19-12-5-3-9(7-18)13(16)14(12)17/h2-6H,7,18H2,1H3. The number of ether oxygens (including phenoxy) is 1. The van der Waals surface area contributed by atoms with Crippen molar-refractivity contribution in [2.75, 3.05) is 0 Å². The van der Waals surface area contributed by atoms with E-state index in [1.807, 2.05) is 19.1 Å². The quantitative estimate of drug-likeness (QED) is 0.810. The highest BCUT2D eigenvalue weighted by Crippen LogP contribution is 2.35. The van der Waals surface area contributed by atoms with Gasteiger partial charge in [0, 0.05) is 6.54 Å². The summed E-state index contributed by atoms with van der Waals surface area (Å²) in [6, 6.07) is 8.93. The molecule has 100 valence electrons. The van der Waals surface area contributed by atoms with Gasteiger partial charge in [-0.3, -0.25) is 0 Å². The molecule has 2 N–H and O–H groups in total. The van der Waals surface area contributed by atoms with Crippen molar-refractivity contribution in [2.45, 2.75) is 13.5 Å². The Kier molecular flexibility index (Phi) is 4.60. The molecule has 0 aromatic heterocycles. The van der Waals surface area contributed by atoms with E-state index in [2.05, 4.69) is 31.9 Å². The van der Waals surface area contributed by atoms with Gasteiger partial charge in [0.15, 0.2) is 11.6 Å². The van der Waals surface area contributed by atoms with Crippen molar-refractivity contribution in [3.05, 3.63) is 56.2 Å². The molecule has 0 saturated carbocycles. The summed E-state index contributed by atoms with van der Waals surface area (Å²) < 4.78 is 20.8. The van der Waals surface area contributed by atoms with E-state index >= 15 is 0 Å². The summed E-state index contributed by atoms with van der Waals surface area (Å²) in [5.41, 5.74) is 7.32. The van der Waals surface area contributed by atoms with Crippen molar-refractivity contribution >= 4 is 31.9 Å². The summed E-state index contributed by atoms with van der Waals surface area (Å²) >= 11 is 6.58. The maximum absolute atomic E-state index is 14.1. The summed E-state index contributed by atoms with van der Waals surface area (Å²) in [6.45, 7) is 2.24. The van der Waals surface area contributed by atoms with E-state index < -0.39 is 5.82 Å². The van der Waals surface area contributed by atoms with E-state index in [4.69, 9.17) is 10.5 Å². The van der Waals surface area contributed by atoms with Gasteiger partial charge in [0.1, 0.15) is 5.75 Å². The Morgan fingerprint density at radius 2 is 1.84 bits per heavy atom. The molecule has 0 amide bonds. The summed E-state index contributed by atoms with van der Waals surface area (Å²) in [6.07, 6.45) is 0. The van der Waals surface area contributed by atoms with Gasteiger partial charge in [-0.15, -0.1) is 0 Å². The van der Waals surface area contributed by atoms with Gasteiger partial charge in [0.05, 0.1) is 8.95 Å². The van der Waals surface area contributed by atoms with Crippen LogP contribution in [-0.2, 0) is 6.54 Å². The van der Waals surface area contributed by atoms with Gasteiger partial charge in [0.2, 0.25) is 0 Å². The van der Waals surface area contributed by atoms with E-state index in [0.29, 0.717) is 15.8 Å². The number of rotatable bonds is 3. The molecule has 2 aromatic rings. The van der Waals surface area contributed by atoms with Gasteiger partial charge in [-0.05, 0) is 68.1 Å². The molecule has 0 aliphatic carbocycles. The van der Waals surface area contributed by atoms with Crippen LogP contribution in [-0.4, -0.2) is 0 Å². The summed E-state index contributed by atoms with van der Waals surface area (Å²) in [4.78, 5) is 0. The number of aryl methyl sites for hydroxylation is 1. The second kappa shape index (κ2) is 6.03. The van der Waals surface area contributed by atoms with Crippen LogP contribution < -0.4 is 10.5 Å². The Balaban J connectivity index is 2.36. The molecule has 0 radical (unpaired) electrons. The number of halogens is 3. The van der Waals surface area contributed by atoms with E-state index in [1.165, 1.54) is 0 Å². The van der Waals surface area contributed by atoms with E-state index in [1.54, 1.807) is 18.2 Å². The molecule has 0 aliphatic heterocycles. The zero-order chi connectivity index (χ0) is 14.0.